The van der Waals surface area contributed by atoms with Gasteiger partial charge in [0.25, 0.3) is 0 Å². The minimum absolute atomic E-state index is 0.0747. The van der Waals surface area contributed by atoms with Crippen LogP contribution in [0, 0.1) is 11.5 Å². The first kappa shape index (κ1) is 23.1. The largest absolute Gasteiger partial charge is 0.491 e. The summed E-state index contributed by atoms with van der Waals surface area (Å²) in [6.07, 6.45) is 5.50. The van der Waals surface area contributed by atoms with Crippen LogP contribution in [0.4, 0.5) is 0 Å². The fourth-order valence-corrected chi connectivity index (χ4v) is 4.56. The van der Waals surface area contributed by atoms with Crippen molar-refractivity contribution in [3.63, 3.8) is 0 Å². The number of aliphatic imine (C=N–C) groups is 1. The Balaban J connectivity index is 1.49. The van der Waals surface area contributed by atoms with Gasteiger partial charge in [-0.2, -0.15) is 5.26 Å². The van der Waals surface area contributed by atoms with Crippen molar-refractivity contribution in [2.75, 3.05) is 20.7 Å². The fraction of sp³-hybridized carbons (Fsp3) is 0.417. The first-order valence-electron chi connectivity index (χ1n) is 11.2. The number of ether oxygens (including phenoxy) is 1. The van der Waals surface area contributed by atoms with Gasteiger partial charge in [-0.15, -0.1) is 0 Å². The number of nitrogens with one attached hydrogen (secondary N) is 2. The van der Waals surface area contributed by atoms with Gasteiger partial charge in [-0.3, -0.25) is 5.32 Å². The number of hydrogen-bond acceptors (Lipinski definition) is 6. The van der Waals surface area contributed by atoms with Crippen LogP contribution in [0.2, 0.25) is 0 Å². The normalized spacial score (nSPS) is 19.6. The van der Waals surface area contributed by atoms with Crippen LogP contribution >= 0.6 is 0 Å². The van der Waals surface area contributed by atoms with Crippen LogP contribution in [0.25, 0.3) is 0 Å². The minimum atomic E-state index is -1.47. The Morgan fingerprint density at radius 3 is 2.61 bits per heavy atom. The Kier molecular flexibility index (Phi) is 6.89. The minimum Gasteiger partial charge on any atom is -0.491 e. The lowest BCUT2D eigenvalue weighted by atomic mass is 9.79. The molecule has 9 heteroatoms. The van der Waals surface area contributed by atoms with Crippen LogP contribution in [0.1, 0.15) is 24.0 Å². The van der Waals surface area contributed by atoms with E-state index in [4.69, 9.17) is 9.73 Å². The zero-order valence-electron chi connectivity index (χ0n) is 19.0. The highest BCUT2D eigenvalue weighted by molar-refractivity contribution is 6.58. The number of benzene rings is 2. The van der Waals surface area contributed by atoms with Crippen molar-refractivity contribution in [3.8, 4) is 11.9 Å². The zero-order valence-corrected chi connectivity index (χ0v) is 19.0. The molecule has 172 valence electrons. The highest BCUT2D eigenvalue weighted by atomic mass is 16.5. The summed E-state index contributed by atoms with van der Waals surface area (Å²) in [5.74, 6) is 1.38. The predicted octanol–water partition coefficient (Wildman–Crippen LogP) is 0.392. The summed E-state index contributed by atoms with van der Waals surface area (Å²) in [4.78, 5) is 7.00. The summed E-state index contributed by atoms with van der Waals surface area (Å²) >= 11 is 0. The van der Waals surface area contributed by atoms with E-state index < -0.39 is 7.12 Å². The van der Waals surface area contributed by atoms with E-state index in [9.17, 15) is 15.3 Å². The van der Waals surface area contributed by atoms with E-state index in [1.165, 1.54) is 0 Å². The maximum absolute atomic E-state index is 9.34. The van der Waals surface area contributed by atoms with Crippen LogP contribution in [-0.4, -0.2) is 66.4 Å². The third kappa shape index (κ3) is 5.48. The number of nitrogens with zero attached hydrogens (tertiary/aromatic N) is 3. The number of nitriles is 1. The van der Waals surface area contributed by atoms with Gasteiger partial charge in [0.1, 0.15) is 12.4 Å². The number of hydrogen-bond donors (Lipinski definition) is 4. The molecule has 1 heterocycles. The Bertz CT molecular complexity index is 1030. The highest BCUT2D eigenvalue weighted by Gasteiger charge is 2.51. The molecule has 0 amide bonds. The maximum atomic E-state index is 9.34. The molecule has 1 aliphatic carbocycles. The second-order valence-electron chi connectivity index (χ2n) is 9.07. The standard InChI is InChI=1S/C24H30BN5O3/c1-30(2)22(13-17-7-9-19(10-8-17)25(31)32)24(11-12-24)29-23(27-16-26)28-20-14-18-5-3-4-6-21(18)33-15-20/h3-10,20,22,31-32H,11-15H2,1-2H3,(H2,27,28,29)/t20-,22+/m1/s1. The molecule has 1 saturated carbocycles. The summed E-state index contributed by atoms with van der Waals surface area (Å²) < 4.78 is 5.86. The lowest BCUT2D eigenvalue weighted by molar-refractivity contribution is 0.225. The van der Waals surface area contributed by atoms with Crippen LogP contribution in [0.15, 0.2) is 53.5 Å². The van der Waals surface area contributed by atoms with Crippen molar-refractivity contribution in [1.82, 2.24) is 15.5 Å². The number of likely N-dealkylation sites (N-methyl/N-ethyl adjacent to an activating group) is 1. The van der Waals surface area contributed by atoms with E-state index in [1.807, 2.05) is 42.6 Å². The molecule has 1 aliphatic heterocycles. The van der Waals surface area contributed by atoms with Crippen molar-refractivity contribution in [3.05, 3.63) is 59.7 Å². The van der Waals surface area contributed by atoms with Crippen molar-refractivity contribution in [2.24, 2.45) is 4.99 Å². The molecule has 4 N–H and O–H groups in total. The highest BCUT2D eigenvalue weighted by Crippen LogP contribution is 2.41. The second-order valence-corrected chi connectivity index (χ2v) is 9.07. The maximum Gasteiger partial charge on any atom is 0.488 e. The third-order valence-corrected chi connectivity index (χ3v) is 6.47. The number of fused-ring (bicyclic) bond motifs is 1. The molecule has 8 nitrogen and oxygen atoms in total. The smallest absolute Gasteiger partial charge is 0.488 e. The molecule has 2 aliphatic rings. The van der Waals surface area contributed by atoms with Crippen molar-refractivity contribution < 1.29 is 14.8 Å². The monoisotopic (exact) mass is 447 g/mol. The van der Waals surface area contributed by atoms with Crippen LogP contribution in [0.3, 0.4) is 0 Å². The molecule has 4 rings (SSSR count). The van der Waals surface area contributed by atoms with E-state index in [0.717, 1.165) is 42.6 Å². The molecule has 33 heavy (non-hydrogen) atoms. The van der Waals surface area contributed by atoms with Gasteiger partial charge in [0, 0.05) is 12.5 Å². The van der Waals surface area contributed by atoms with Gasteiger partial charge in [0.05, 0.1) is 11.6 Å². The Morgan fingerprint density at radius 2 is 1.97 bits per heavy atom. The van der Waals surface area contributed by atoms with Crippen molar-refractivity contribution >= 4 is 18.5 Å². The van der Waals surface area contributed by atoms with E-state index in [2.05, 4.69) is 29.6 Å². The van der Waals surface area contributed by atoms with Gasteiger partial charge >= 0.3 is 7.12 Å². The Labute approximate surface area is 195 Å². The summed E-state index contributed by atoms with van der Waals surface area (Å²) in [7, 11) is 2.64. The van der Waals surface area contributed by atoms with Crippen molar-refractivity contribution in [2.45, 2.75) is 43.3 Å². The van der Waals surface area contributed by atoms with E-state index >= 15 is 0 Å². The first-order valence-corrected chi connectivity index (χ1v) is 11.2. The lowest BCUT2D eigenvalue weighted by Crippen LogP contribution is -2.55. The molecule has 0 aromatic heterocycles. The molecule has 0 spiro atoms. The van der Waals surface area contributed by atoms with E-state index in [0.29, 0.717) is 18.0 Å². The first-order chi connectivity index (χ1) is 15.9. The second kappa shape index (κ2) is 9.83. The van der Waals surface area contributed by atoms with Crippen molar-refractivity contribution in [1.29, 1.82) is 5.26 Å². The summed E-state index contributed by atoms with van der Waals surface area (Å²) in [6.45, 7) is 0.475. The van der Waals surface area contributed by atoms with Gasteiger partial charge in [0.2, 0.25) is 5.96 Å². The molecule has 0 unspecified atom stereocenters. The summed E-state index contributed by atoms with van der Waals surface area (Å²) in [5, 5.41) is 34.3. The average Bonchev–Trinajstić information content (AvgIpc) is 3.57. The van der Waals surface area contributed by atoms with Gasteiger partial charge < -0.3 is 25.0 Å². The van der Waals surface area contributed by atoms with Gasteiger partial charge in [-0.25, -0.2) is 4.99 Å². The fourth-order valence-electron chi connectivity index (χ4n) is 4.56. The van der Waals surface area contributed by atoms with Gasteiger partial charge in [-0.1, -0.05) is 42.5 Å². The van der Waals surface area contributed by atoms with Gasteiger partial charge in [-0.05, 0) is 56.0 Å². The van der Waals surface area contributed by atoms with E-state index in [-0.39, 0.29) is 17.6 Å². The van der Waals surface area contributed by atoms with E-state index in [1.54, 1.807) is 12.1 Å². The lowest BCUT2D eigenvalue weighted by Gasteiger charge is -2.34. The molecule has 0 bridgehead atoms. The molecule has 2 atom stereocenters. The molecule has 0 saturated heterocycles. The number of guanidine groups is 1. The molecule has 0 radical (unpaired) electrons. The van der Waals surface area contributed by atoms with Gasteiger partial charge in [0.15, 0.2) is 6.19 Å². The van der Waals surface area contributed by atoms with Crippen LogP contribution in [-0.2, 0) is 12.8 Å². The quantitative estimate of drug-likeness (QED) is 0.160. The third-order valence-electron chi connectivity index (χ3n) is 6.47. The number of rotatable bonds is 7. The van der Waals surface area contributed by atoms with Crippen LogP contribution < -0.4 is 20.8 Å². The molecular weight excluding hydrogens is 417 g/mol. The predicted molar refractivity (Wildman–Crippen MR) is 128 cm³/mol. The average molecular weight is 447 g/mol. The summed E-state index contributed by atoms with van der Waals surface area (Å²) in [5.41, 5.74) is 2.51. The molecular formula is C24H30BN5O3. The molecule has 2 aromatic carbocycles. The zero-order chi connectivity index (χ0) is 23.4. The molecule has 1 fully saturated rings. The Hall–Kier alpha value is -3.06. The van der Waals surface area contributed by atoms with Crippen LogP contribution in [0.5, 0.6) is 5.75 Å². The SMILES string of the molecule is CN(C)[C@@H](Cc1ccc(B(O)O)cc1)C1(NC(=N[C@H]2COc3ccccc3C2)NC#N)CC1. The summed E-state index contributed by atoms with van der Waals surface area (Å²) in [6, 6.07) is 15.4. The number of para-hydroxylation sites is 1. The topological polar surface area (TPSA) is 113 Å². The molecule has 2 aromatic rings. The Morgan fingerprint density at radius 1 is 1.24 bits per heavy atom.